The summed E-state index contributed by atoms with van der Waals surface area (Å²) in [6.07, 6.45) is 12.5. The van der Waals surface area contributed by atoms with Crippen molar-refractivity contribution in [1.29, 1.82) is 0 Å². The van der Waals surface area contributed by atoms with Crippen LogP contribution in [0.1, 0.15) is 76.0 Å². The molecule has 0 bridgehead atoms. The lowest BCUT2D eigenvalue weighted by Crippen LogP contribution is -2.39. The predicted molar refractivity (Wildman–Crippen MR) is 118 cm³/mol. The van der Waals surface area contributed by atoms with Crippen LogP contribution >= 0.6 is 0 Å². The smallest absolute Gasteiger partial charge is 0.255 e. The predicted octanol–water partition coefficient (Wildman–Crippen LogP) is 4.17. The Morgan fingerprint density at radius 2 is 1.86 bits per heavy atom. The van der Waals surface area contributed by atoms with Gasteiger partial charge < -0.3 is 4.90 Å². The van der Waals surface area contributed by atoms with Gasteiger partial charge in [0.1, 0.15) is 5.65 Å². The van der Waals surface area contributed by atoms with Crippen LogP contribution in [0.3, 0.4) is 0 Å². The van der Waals surface area contributed by atoms with Crippen LogP contribution in [0, 0.1) is 11.8 Å². The number of piperidine rings is 1. The number of fused-ring (bicyclic) bond motifs is 3. The molecule has 5 rings (SSSR count). The molecule has 0 spiro atoms. The monoisotopic (exact) mass is 396 g/mol. The van der Waals surface area contributed by atoms with Gasteiger partial charge in [0, 0.05) is 36.6 Å². The molecule has 5 nitrogen and oxygen atoms in total. The SMILES string of the molecule is CC(C)CN1CCCC(Cn2ncc3c4c(c(=O)n(C5CCC5)c32)CCCC4)C1. The molecule has 0 N–H and O–H groups in total. The molecule has 3 aliphatic rings. The molecule has 1 saturated carbocycles. The third-order valence-corrected chi connectivity index (χ3v) is 7.41. The third kappa shape index (κ3) is 3.56. The van der Waals surface area contributed by atoms with Crippen molar-refractivity contribution in [1.82, 2.24) is 19.2 Å². The van der Waals surface area contributed by atoms with Crippen molar-refractivity contribution in [3.8, 4) is 0 Å². The van der Waals surface area contributed by atoms with Crippen molar-refractivity contribution in [3.05, 3.63) is 27.7 Å². The van der Waals surface area contributed by atoms with Crippen molar-refractivity contribution >= 4 is 11.0 Å². The topological polar surface area (TPSA) is 43.1 Å². The maximum Gasteiger partial charge on any atom is 0.255 e. The second-order valence-electron chi connectivity index (χ2n) is 10.1. The Bertz CT molecular complexity index is 936. The van der Waals surface area contributed by atoms with Gasteiger partial charge in [-0.15, -0.1) is 0 Å². The van der Waals surface area contributed by atoms with Crippen LogP contribution in [0.25, 0.3) is 11.0 Å². The van der Waals surface area contributed by atoms with E-state index in [9.17, 15) is 4.79 Å². The molecular formula is C24H36N4O. The summed E-state index contributed by atoms with van der Waals surface area (Å²) in [7, 11) is 0. The van der Waals surface area contributed by atoms with Gasteiger partial charge in [0.15, 0.2) is 0 Å². The molecule has 158 valence electrons. The van der Waals surface area contributed by atoms with E-state index in [1.165, 1.54) is 49.7 Å². The summed E-state index contributed by atoms with van der Waals surface area (Å²) in [5.41, 5.74) is 3.82. The highest BCUT2D eigenvalue weighted by Crippen LogP contribution is 2.35. The molecule has 2 aromatic heterocycles. The molecule has 2 fully saturated rings. The molecule has 2 aliphatic carbocycles. The molecule has 5 heteroatoms. The van der Waals surface area contributed by atoms with Gasteiger partial charge in [0.05, 0.1) is 6.20 Å². The van der Waals surface area contributed by atoms with E-state index in [4.69, 9.17) is 5.10 Å². The minimum atomic E-state index is 0.295. The van der Waals surface area contributed by atoms with Gasteiger partial charge in [-0.05, 0) is 81.7 Å². The number of aromatic nitrogens is 3. The Morgan fingerprint density at radius 1 is 1.07 bits per heavy atom. The average molecular weight is 397 g/mol. The Labute approximate surface area is 174 Å². The van der Waals surface area contributed by atoms with Gasteiger partial charge in [-0.3, -0.25) is 9.36 Å². The summed E-state index contributed by atoms with van der Waals surface area (Å²) < 4.78 is 4.36. The average Bonchev–Trinajstić information content (AvgIpc) is 3.07. The lowest BCUT2D eigenvalue weighted by molar-refractivity contribution is 0.146. The highest BCUT2D eigenvalue weighted by Gasteiger charge is 2.30. The number of pyridine rings is 1. The number of aryl methyl sites for hydroxylation is 1. The zero-order chi connectivity index (χ0) is 20.0. The van der Waals surface area contributed by atoms with E-state index in [1.807, 2.05) is 0 Å². The van der Waals surface area contributed by atoms with Crippen LogP contribution in [0.4, 0.5) is 0 Å². The van der Waals surface area contributed by atoms with Crippen molar-refractivity contribution in [2.24, 2.45) is 11.8 Å². The van der Waals surface area contributed by atoms with Crippen LogP contribution in [-0.4, -0.2) is 38.9 Å². The standard InChI is InChI=1S/C24H36N4O/c1-17(2)14-26-12-6-7-18(15-26)16-27-23-22(13-25-27)20-10-3-4-11-21(20)24(29)28(23)19-8-5-9-19/h13,17-19H,3-12,14-16H2,1-2H3. The number of nitrogens with zero attached hydrogens (tertiary/aromatic N) is 4. The van der Waals surface area contributed by atoms with Crippen LogP contribution < -0.4 is 5.56 Å². The van der Waals surface area contributed by atoms with Gasteiger partial charge in [-0.25, -0.2) is 4.68 Å². The second-order valence-corrected chi connectivity index (χ2v) is 10.1. The van der Waals surface area contributed by atoms with Gasteiger partial charge in [-0.1, -0.05) is 13.8 Å². The number of likely N-dealkylation sites (tertiary alicyclic amines) is 1. The fourth-order valence-electron chi connectivity index (χ4n) is 5.87. The first-order chi connectivity index (χ1) is 14.1. The normalized spacial score (nSPS) is 23.5. The fourth-order valence-corrected chi connectivity index (χ4v) is 5.87. The van der Waals surface area contributed by atoms with Gasteiger partial charge in [0.2, 0.25) is 0 Å². The lowest BCUT2D eigenvalue weighted by Gasteiger charge is -2.34. The molecule has 29 heavy (non-hydrogen) atoms. The van der Waals surface area contributed by atoms with E-state index in [0.29, 0.717) is 17.5 Å². The number of hydrogen-bond donors (Lipinski definition) is 0. The zero-order valence-corrected chi connectivity index (χ0v) is 18.2. The first-order valence-corrected chi connectivity index (χ1v) is 12.0. The van der Waals surface area contributed by atoms with Gasteiger partial charge in [-0.2, -0.15) is 5.10 Å². The highest BCUT2D eigenvalue weighted by atomic mass is 16.1. The first-order valence-electron chi connectivity index (χ1n) is 12.0. The minimum Gasteiger partial charge on any atom is -0.303 e. The Balaban J connectivity index is 1.51. The van der Waals surface area contributed by atoms with E-state index in [0.717, 1.165) is 62.3 Å². The largest absolute Gasteiger partial charge is 0.303 e. The fraction of sp³-hybridized carbons (Fsp3) is 0.750. The first kappa shape index (κ1) is 19.3. The summed E-state index contributed by atoms with van der Waals surface area (Å²) in [5, 5.41) is 6.13. The maximum absolute atomic E-state index is 13.5. The van der Waals surface area contributed by atoms with Crippen molar-refractivity contribution in [3.63, 3.8) is 0 Å². The summed E-state index contributed by atoms with van der Waals surface area (Å²) in [5.74, 6) is 1.35. The molecular weight excluding hydrogens is 360 g/mol. The molecule has 1 saturated heterocycles. The highest BCUT2D eigenvalue weighted by molar-refractivity contribution is 5.81. The van der Waals surface area contributed by atoms with Crippen LogP contribution in [0.15, 0.2) is 11.0 Å². The van der Waals surface area contributed by atoms with E-state index in [2.05, 4.69) is 34.2 Å². The number of rotatable bonds is 5. The summed E-state index contributed by atoms with van der Waals surface area (Å²) >= 11 is 0. The van der Waals surface area contributed by atoms with E-state index < -0.39 is 0 Å². The van der Waals surface area contributed by atoms with Crippen molar-refractivity contribution in [2.75, 3.05) is 19.6 Å². The summed E-state index contributed by atoms with van der Waals surface area (Å²) in [6, 6.07) is 0.386. The summed E-state index contributed by atoms with van der Waals surface area (Å²) in [4.78, 5) is 16.1. The molecule has 1 unspecified atom stereocenters. The Morgan fingerprint density at radius 3 is 2.59 bits per heavy atom. The minimum absolute atomic E-state index is 0.295. The Kier molecular flexibility index (Phi) is 5.27. The zero-order valence-electron chi connectivity index (χ0n) is 18.2. The lowest BCUT2D eigenvalue weighted by atomic mass is 9.88. The van der Waals surface area contributed by atoms with E-state index in [1.54, 1.807) is 0 Å². The van der Waals surface area contributed by atoms with E-state index >= 15 is 0 Å². The molecule has 2 aromatic rings. The summed E-state index contributed by atoms with van der Waals surface area (Å²) in [6.45, 7) is 9.16. The molecule has 3 heterocycles. The molecule has 0 amide bonds. The molecule has 1 aliphatic heterocycles. The van der Waals surface area contributed by atoms with Crippen molar-refractivity contribution < 1.29 is 0 Å². The molecule has 1 atom stereocenters. The van der Waals surface area contributed by atoms with Gasteiger partial charge >= 0.3 is 0 Å². The molecule has 0 aromatic carbocycles. The Hall–Kier alpha value is -1.62. The maximum atomic E-state index is 13.5. The number of hydrogen-bond acceptors (Lipinski definition) is 3. The van der Waals surface area contributed by atoms with Crippen LogP contribution in [0.2, 0.25) is 0 Å². The van der Waals surface area contributed by atoms with Crippen LogP contribution in [0.5, 0.6) is 0 Å². The van der Waals surface area contributed by atoms with Crippen molar-refractivity contribution in [2.45, 2.75) is 84.2 Å². The molecule has 0 radical (unpaired) electrons. The van der Waals surface area contributed by atoms with Gasteiger partial charge in [0.25, 0.3) is 5.56 Å². The second kappa shape index (κ2) is 7.90. The van der Waals surface area contributed by atoms with Crippen LogP contribution in [-0.2, 0) is 19.4 Å². The quantitative estimate of drug-likeness (QED) is 0.762. The van der Waals surface area contributed by atoms with E-state index in [-0.39, 0.29) is 0 Å². The third-order valence-electron chi connectivity index (χ3n) is 7.41.